The average Bonchev–Trinajstić information content (AvgIpc) is 2.63. The molecule has 0 aliphatic carbocycles. The van der Waals surface area contributed by atoms with Crippen LogP contribution in [0.4, 0.5) is 5.69 Å². The Morgan fingerprint density at radius 2 is 1.96 bits per heavy atom. The highest BCUT2D eigenvalue weighted by Gasteiger charge is 2.25. The van der Waals surface area contributed by atoms with E-state index in [0.717, 1.165) is 24.4 Å². The van der Waals surface area contributed by atoms with E-state index in [-0.39, 0.29) is 4.90 Å². The van der Waals surface area contributed by atoms with Gasteiger partial charge in [0, 0.05) is 12.8 Å². The van der Waals surface area contributed by atoms with Gasteiger partial charge in [0.1, 0.15) is 18.1 Å². The van der Waals surface area contributed by atoms with Crippen LogP contribution in [0.3, 0.4) is 0 Å². The van der Waals surface area contributed by atoms with Gasteiger partial charge in [-0.15, -0.1) is 0 Å². The van der Waals surface area contributed by atoms with E-state index < -0.39 is 9.84 Å². The van der Waals surface area contributed by atoms with Gasteiger partial charge in [-0.1, -0.05) is 25.1 Å². The van der Waals surface area contributed by atoms with E-state index in [2.05, 4.69) is 17.9 Å². The number of hydrogen-bond donors (Lipinski definition) is 0. The van der Waals surface area contributed by atoms with Crippen molar-refractivity contribution in [3.05, 3.63) is 48.0 Å². The molecule has 0 saturated heterocycles. The Hall–Kier alpha value is -2.21. The smallest absolute Gasteiger partial charge is 0.175 e. The van der Waals surface area contributed by atoms with Gasteiger partial charge in [-0.25, -0.2) is 8.42 Å². The molecular weight excluding hydrogens is 350 g/mol. The van der Waals surface area contributed by atoms with Crippen LogP contribution in [-0.2, 0) is 9.84 Å². The van der Waals surface area contributed by atoms with Crippen molar-refractivity contribution in [3.8, 4) is 11.5 Å². The van der Waals surface area contributed by atoms with Gasteiger partial charge in [0.25, 0.3) is 0 Å². The van der Waals surface area contributed by atoms with Crippen LogP contribution in [0.1, 0.15) is 24.8 Å². The quantitative estimate of drug-likeness (QED) is 0.774. The van der Waals surface area contributed by atoms with Crippen LogP contribution in [0.5, 0.6) is 11.5 Å². The summed E-state index contributed by atoms with van der Waals surface area (Å²) in [6.45, 7) is 4.37. The Kier molecular flexibility index (Phi) is 5.41. The normalized spacial score (nSPS) is 16.9. The van der Waals surface area contributed by atoms with Crippen molar-refractivity contribution in [2.45, 2.75) is 24.2 Å². The molecule has 0 aromatic heterocycles. The minimum atomic E-state index is -3.23. The maximum atomic E-state index is 11.7. The minimum absolute atomic E-state index is 0.272. The molecule has 6 heteroatoms. The maximum absolute atomic E-state index is 11.7. The van der Waals surface area contributed by atoms with Crippen molar-refractivity contribution in [1.82, 2.24) is 0 Å². The highest BCUT2D eigenvalue weighted by atomic mass is 32.2. The molecule has 1 aliphatic heterocycles. The summed E-state index contributed by atoms with van der Waals surface area (Å²) in [6.07, 6.45) is 2.29. The molecule has 0 radical (unpaired) electrons. The molecule has 0 amide bonds. The summed E-state index contributed by atoms with van der Waals surface area (Å²) >= 11 is 0. The number of nitrogens with zero attached hydrogens (tertiary/aromatic N) is 1. The van der Waals surface area contributed by atoms with Gasteiger partial charge in [0.05, 0.1) is 24.2 Å². The molecular formula is C20H25NO4S. The fraction of sp³-hybridized carbons (Fsp3) is 0.400. The van der Waals surface area contributed by atoms with E-state index in [1.807, 2.05) is 12.1 Å². The highest BCUT2D eigenvalue weighted by molar-refractivity contribution is 7.90. The second-order valence-corrected chi connectivity index (χ2v) is 8.69. The molecule has 0 N–H and O–H groups in total. The summed E-state index contributed by atoms with van der Waals surface area (Å²) in [4.78, 5) is 2.56. The Morgan fingerprint density at radius 3 is 2.69 bits per heavy atom. The minimum Gasteiger partial charge on any atom is -0.495 e. The molecule has 1 aliphatic rings. The third kappa shape index (κ3) is 3.96. The SMILES string of the molecule is COc1cccc2c1N(CCOc1cccc(S(C)(=O)=O)c1)CC[C@H]2C. The summed E-state index contributed by atoms with van der Waals surface area (Å²) < 4.78 is 34.7. The Labute approximate surface area is 155 Å². The number of rotatable bonds is 6. The summed E-state index contributed by atoms with van der Waals surface area (Å²) in [5.41, 5.74) is 2.44. The molecule has 2 aromatic carbocycles. The van der Waals surface area contributed by atoms with Gasteiger partial charge < -0.3 is 14.4 Å². The highest BCUT2D eigenvalue weighted by Crippen LogP contribution is 2.41. The van der Waals surface area contributed by atoms with E-state index in [1.165, 1.54) is 11.8 Å². The molecule has 3 rings (SSSR count). The van der Waals surface area contributed by atoms with E-state index in [0.29, 0.717) is 24.8 Å². The van der Waals surface area contributed by atoms with Gasteiger partial charge in [-0.2, -0.15) is 0 Å². The molecule has 0 unspecified atom stereocenters. The summed E-state index contributed by atoms with van der Waals surface area (Å²) in [7, 11) is -1.54. The zero-order chi connectivity index (χ0) is 18.7. The van der Waals surface area contributed by atoms with Crippen molar-refractivity contribution in [1.29, 1.82) is 0 Å². The lowest BCUT2D eigenvalue weighted by atomic mass is 9.91. The molecule has 26 heavy (non-hydrogen) atoms. The molecule has 0 spiro atoms. The number of para-hydroxylation sites is 1. The summed E-state index contributed by atoms with van der Waals surface area (Å²) in [6, 6.07) is 12.8. The number of ether oxygens (including phenoxy) is 2. The van der Waals surface area contributed by atoms with Crippen molar-refractivity contribution in [3.63, 3.8) is 0 Å². The van der Waals surface area contributed by atoms with Crippen molar-refractivity contribution >= 4 is 15.5 Å². The predicted octanol–water partition coefficient (Wildman–Crippen LogP) is 3.49. The lowest BCUT2D eigenvalue weighted by molar-refractivity contribution is 0.320. The number of sulfone groups is 1. The third-order valence-electron chi connectivity index (χ3n) is 4.79. The topological polar surface area (TPSA) is 55.8 Å². The Balaban J connectivity index is 1.71. The molecule has 0 bridgehead atoms. The molecule has 1 atom stereocenters. The number of fused-ring (bicyclic) bond motifs is 1. The van der Waals surface area contributed by atoms with Gasteiger partial charge in [0.2, 0.25) is 0 Å². The van der Waals surface area contributed by atoms with Crippen LogP contribution in [-0.4, -0.2) is 41.5 Å². The van der Waals surface area contributed by atoms with Crippen LogP contribution in [0, 0.1) is 0 Å². The standard InChI is InChI=1S/C20H25NO4S/c1-15-10-11-21(20-18(15)8-5-9-19(20)24-2)12-13-25-16-6-4-7-17(14-16)26(3,22)23/h4-9,14-15H,10-13H2,1-3H3/t15-/m1/s1. The first kappa shape index (κ1) is 18.6. The fourth-order valence-corrected chi connectivity index (χ4v) is 4.00. The Morgan fingerprint density at radius 1 is 1.19 bits per heavy atom. The van der Waals surface area contributed by atoms with Gasteiger partial charge in [-0.3, -0.25) is 0 Å². The second kappa shape index (κ2) is 7.58. The molecule has 1 heterocycles. The molecule has 0 saturated carbocycles. The van der Waals surface area contributed by atoms with E-state index in [4.69, 9.17) is 9.47 Å². The van der Waals surface area contributed by atoms with Crippen LogP contribution in [0.15, 0.2) is 47.4 Å². The zero-order valence-corrected chi connectivity index (χ0v) is 16.3. The van der Waals surface area contributed by atoms with Crippen LogP contribution in [0.2, 0.25) is 0 Å². The average molecular weight is 375 g/mol. The molecule has 2 aromatic rings. The lowest BCUT2D eigenvalue weighted by Gasteiger charge is -2.35. The van der Waals surface area contributed by atoms with Crippen molar-refractivity contribution in [2.24, 2.45) is 0 Å². The van der Waals surface area contributed by atoms with Gasteiger partial charge >= 0.3 is 0 Å². The first-order valence-corrected chi connectivity index (χ1v) is 10.6. The number of methoxy groups -OCH3 is 1. The second-order valence-electron chi connectivity index (χ2n) is 6.67. The first-order valence-electron chi connectivity index (χ1n) is 8.75. The number of anilines is 1. The molecule has 0 fully saturated rings. The van der Waals surface area contributed by atoms with E-state index >= 15 is 0 Å². The summed E-state index contributed by atoms with van der Waals surface area (Å²) in [5, 5.41) is 0. The van der Waals surface area contributed by atoms with Gasteiger partial charge in [0.15, 0.2) is 9.84 Å². The number of hydrogen-bond acceptors (Lipinski definition) is 5. The molecule has 140 valence electrons. The van der Waals surface area contributed by atoms with Crippen LogP contribution in [0.25, 0.3) is 0 Å². The summed E-state index contributed by atoms with van der Waals surface area (Å²) in [5.74, 6) is 1.95. The van der Waals surface area contributed by atoms with Crippen molar-refractivity contribution < 1.29 is 17.9 Å². The van der Waals surface area contributed by atoms with Crippen LogP contribution < -0.4 is 14.4 Å². The fourth-order valence-electron chi connectivity index (χ4n) is 3.35. The third-order valence-corrected chi connectivity index (χ3v) is 5.90. The number of benzene rings is 2. The van der Waals surface area contributed by atoms with Gasteiger partial charge in [-0.05, 0) is 42.2 Å². The van der Waals surface area contributed by atoms with Crippen LogP contribution >= 0.6 is 0 Å². The molecule has 5 nitrogen and oxygen atoms in total. The van der Waals surface area contributed by atoms with E-state index in [1.54, 1.807) is 31.4 Å². The largest absolute Gasteiger partial charge is 0.495 e. The lowest BCUT2D eigenvalue weighted by Crippen LogP contribution is -2.34. The van der Waals surface area contributed by atoms with Crippen molar-refractivity contribution in [2.75, 3.05) is 38.0 Å². The Bertz CT molecular complexity index is 879. The monoisotopic (exact) mass is 375 g/mol. The zero-order valence-electron chi connectivity index (χ0n) is 15.4. The first-order chi connectivity index (χ1) is 12.4. The maximum Gasteiger partial charge on any atom is 0.175 e. The van der Waals surface area contributed by atoms with E-state index in [9.17, 15) is 8.42 Å². The predicted molar refractivity (Wildman–Crippen MR) is 103 cm³/mol.